The predicted molar refractivity (Wildman–Crippen MR) is 127 cm³/mol. The third-order valence-electron chi connectivity index (χ3n) is 5.41. The number of pyridine rings is 1. The second-order valence-electron chi connectivity index (χ2n) is 7.63. The molecule has 0 radical (unpaired) electrons. The number of imidazole rings is 1. The van der Waals surface area contributed by atoms with Crippen LogP contribution in [0.5, 0.6) is 5.75 Å². The largest absolute Gasteiger partial charge is 0.487 e. The minimum atomic E-state index is -0.142. The van der Waals surface area contributed by atoms with Gasteiger partial charge >= 0.3 is 0 Å². The average Bonchev–Trinajstić information content (AvgIpc) is 3.25. The number of amides is 1. The molecule has 1 N–H and O–H groups in total. The summed E-state index contributed by atoms with van der Waals surface area (Å²) in [4.78, 5) is 19.6. The van der Waals surface area contributed by atoms with E-state index in [9.17, 15) is 4.79 Å². The number of nitrogens with one attached hydrogen (secondary N) is 1. The van der Waals surface area contributed by atoms with Crippen LogP contribution in [-0.2, 0) is 13.2 Å². The Bertz CT molecular complexity index is 1150. The van der Waals surface area contributed by atoms with Crippen LogP contribution in [0.25, 0.3) is 5.65 Å². The molecule has 1 amide bonds. The van der Waals surface area contributed by atoms with Gasteiger partial charge in [-0.1, -0.05) is 38.1 Å². The van der Waals surface area contributed by atoms with Gasteiger partial charge in [-0.2, -0.15) is 0 Å². The van der Waals surface area contributed by atoms with Gasteiger partial charge in [0.1, 0.15) is 18.0 Å². The number of anilines is 1. The molecule has 4 aromatic rings. The molecule has 0 fully saturated rings. The lowest BCUT2D eigenvalue weighted by Gasteiger charge is -2.18. The molecule has 32 heavy (non-hydrogen) atoms. The Hall–Kier alpha value is -3.64. The molecule has 2 heterocycles. The SMILES string of the molecule is CCN(CC)Cc1ccc(C(=O)Nc2cccc(OCc3cn4ccccc4n3)c2)cc1. The van der Waals surface area contributed by atoms with Gasteiger partial charge in [0, 0.05) is 36.3 Å². The highest BCUT2D eigenvalue weighted by molar-refractivity contribution is 6.04. The monoisotopic (exact) mass is 428 g/mol. The van der Waals surface area contributed by atoms with E-state index >= 15 is 0 Å². The molecule has 0 atom stereocenters. The van der Waals surface area contributed by atoms with Crippen LogP contribution in [0, 0.1) is 0 Å². The van der Waals surface area contributed by atoms with Crippen molar-refractivity contribution in [3.8, 4) is 5.75 Å². The summed E-state index contributed by atoms with van der Waals surface area (Å²) < 4.78 is 7.85. The summed E-state index contributed by atoms with van der Waals surface area (Å²) in [7, 11) is 0. The van der Waals surface area contributed by atoms with Crippen LogP contribution in [0.2, 0.25) is 0 Å². The predicted octanol–water partition coefficient (Wildman–Crippen LogP) is 5.01. The van der Waals surface area contributed by atoms with Gasteiger partial charge in [0.15, 0.2) is 0 Å². The molecule has 4 rings (SSSR count). The number of aromatic nitrogens is 2. The summed E-state index contributed by atoms with van der Waals surface area (Å²) in [5, 5.41) is 2.95. The molecule has 0 aliphatic heterocycles. The maximum absolute atomic E-state index is 12.7. The number of benzene rings is 2. The van der Waals surface area contributed by atoms with E-state index in [-0.39, 0.29) is 5.91 Å². The third kappa shape index (κ3) is 5.34. The highest BCUT2D eigenvalue weighted by Gasteiger charge is 2.09. The molecule has 0 unspecified atom stereocenters. The Morgan fingerprint density at radius 1 is 1.03 bits per heavy atom. The van der Waals surface area contributed by atoms with Crippen LogP contribution in [-0.4, -0.2) is 33.3 Å². The van der Waals surface area contributed by atoms with Gasteiger partial charge in [0.2, 0.25) is 0 Å². The van der Waals surface area contributed by atoms with Crippen molar-refractivity contribution >= 4 is 17.2 Å². The lowest BCUT2D eigenvalue weighted by atomic mass is 10.1. The van der Waals surface area contributed by atoms with Crippen LogP contribution in [0.4, 0.5) is 5.69 Å². The summed E-state index contributed by atoms with van der Waals surface area (Å²) >= 11 is 0. The highest BCUT2D eigenvalue weighted by Crippen LogP contribution is 2.20. The van der Waals surface area contributed by atoms with Crippen LogP contribution >= 0.6 is 0 Å². The Morgan fingerprint density at radius 3 is 2.59 bits per heavy atom. The zero-order valence-corrected chi connectivity index (χ0v) is 18.5. The molecule has 6 heteroatoms. The third-order valence-corrected chi connectivity index (χ3v) is 5.41. The van der Waals surface area contributed by atoms with E-state index in [1.54, 1.807) is 0 Å². The van der Waals surface area contributed by atoms with Gasteiger partial charge < -0.3 is 14.5 Å². The van der Waals surface area contributed by atoms with Crippen molar-refractivity contribution in [2.45, 2.75) is 27.0 Å². The minimum Gasteiger partial charge on any atom is -0.487 e. The Labute approximate surface area is 188 Å². The number of hydrogen-bond acceptors (Lipinski definition) is 4. The van der Waals surface area contributed by atoms with Crippen molar-refractivity contribution in [1.29, 1.82) is 0 Å². The van der Waals surface area contributed by atoms with E-state index in [0.717, 1.165) is 31.0 Å². The summed E-state index contributed by atoms with van der Waals surface area (Å²) in [6, 6.07) is 21.1. The number of fused-ring (bicyclic) bond motifs is 1. The fourth-order valence-electron chi connectivity index (χ4n) is 3.55. The number of carbonyl (C=O) groups is 1. The summed E-state index contributed by atoms with van der Waals surface area (Å²) in [5.41, 5.74) is 4.25. The maximum atomic E-state index is 12.7. The molecular weight excluding hydrogens is 400 g/mol. The first kappa shape index (κ1) is 21.6. The maximum Gasteiger partial charge on any atom is 0.255 e. The molecule has 0 saturated carbocycles. The number of rotatable bonds is 9. The topological polar surface area (TPSA) is 58.9 Å². The first-order chi connectivity index (χ1) is 15.6. The minimum absolute atomic E-state index is 0.142. The normalized spacial score (nSPS) is 11.1. The van der Waals surface area contributed by atoms with Gasteiger partial charge in [-0.05, 0) is 55.1 Å². The van der Waals surface area contributed by atoms with Gasteiger partial charge in [-0.3, -0.25) is 9.69 Å². The van der Waals surface area contributed by atoms with Crippen LogP contribution in [0.3, 0.4) is 0 Å². The van der Waals surface area contributed by atoms with Gasteiger partial charge in [-0.15, -0.1) is 0 Å². The average molecular weight is 429 g/mol. The lowest BCUT2D eigenvalue weighted by molar-refractivity contribution is 0.102. The molecule has 0 aliphatic rings. The Morgan fingerprint density at radius 2 is 1.84 bits per heavy atom. The number of nitrogens with zero attached hydrogens (tertiary/aromatic N) is 3. The number of ether oxygens (including phenoxy) is 1. The van der Waals surface area contributed by atoms with Gasteiger partial charge in [0.25, 0.3) is 5.91 Å². The van der Waals surface area contributed by atoms with Crippen LogP contribution < -0.4 is 10.1 Å². The highest BCUT2D eigenvalue weighted by atomic mass is 16.5. The number of hydrogen-bond donors (Lipinski definition) is 1. The molecule has 2 aromatic heterocycles. The first-order valence-electron chi connectivity index (χ1n) is 10.9. The quantitative estimate of drug-likeness (QED) is 0.407. The van der Waals surface area contributed by atoms with E-state index in [4.69, 9.17) is 4.74 Å². The zero-order chi connectivity index (χ0) is 22.3. The van der Waals surface area contributed by atoms with Crippen molar-refractivity contribution in [1.82, 2.24) is 14.3 Å². The zero-order valence-electron chi connectivity index (χ0n) is 18.5. The smallest absolute Gasteiger partial charge is 0.255 e. The van der Waals surface area contributed by atoms with Gasteiger partial charge in [-0.25, -0.2) is 4.98 Å². The molecular formula is C26H28N4O2. The van der Waals surface area contributed by atoms with E-state index in [2.05, 4.69) is 29.0 Å². The number of carbonyl (C=O) groups excluding carboxylic acids is 1. The summed E-state index contributed by atoms with van der Waals surface area (Å²) in [5.74, 6) is 0.534. The van der Waals surface area contributed by atoms with E-state index in [0.29, 0.717) is 23.6 Å². The van der Waals surface area contributed by atoms with Crippen molar-refractivity contribution in [3.63, 3.8) is 0 Å². The lowest BCUT2D eigenvalue weighted by Crippen LogP contribution is -2.22. The summed E-state index contributed by atoms with van der Waals surface area (Å²) in [6.45, 7) is 7.57. The van der Waals surface area contributed by atoms with Crippen molar-refractivity contribution in [2.24, 2.45) is 0 Å². The van der Waals surface area contributed by atoms with Crippen LogP contribution in [0.15, 0.2) is 79.1 Å². The first-order valence-corrected chi connectivity index (χ1v) is 10.9. The van der Waals surface area contributed by atoms with Crippen LogP contribution in [0.1, 0.15) is 35.5 Å². The van der Waals surface area contributed by atoms with Crippen molar-refractivity contribution in [2.75, 3.05) is 18.4 Å². The molecule has 2 aromatic carbocycles. The molecule has 0 bridgehead atoms. The second-order valence-corrected chi connectivity index (χ2v) is 7.63. The van der Waals surface area contributed by atoms with Crippen molar-refractivity contribution < 1.29 is 9.53 Å². The van der Waals surface area contributed by atoms with Gasteiger partial charge in [0.05, 0.1) is 5.69 Å². The molecule has 6 nitrogen and oxygen atoms in total. The molecule has 0 aliphatic carbocycles. The Balaban J connectivity index is 1.36. The molecule has 0 spiro atoms. The fourth-order valence-corrected chi connectivity index (χ4v) is 3.55. The molecule has 164 valence electrons. The fraction of sp³-hybridized carbons (Fsp3) is 0.231. The van der Waals surface area contributed by atoms with E-state index < -0.39 is 0 Å². The van der Waals surface area contributed by atoms with E-state index in [1.165, 1.54) is 5.56 Å². The van der Waals surface area contributed by atoms with E-state index in [1.807, 2.05) is 83.5 Å². The standard InChI is InChI=1S/C26H28N4O2/c1-3-29(4-2)17-20-11-13-21(14-12-20)26(31)28-22-8-7-9-24(16-22)32-19-23-18-30-15-6-5-10-25(30)27-23/h5-16,18H,3-4,17,19H2,1-2H3,(H,28,31). The second kappa shape index (κ2) is 10.1. The Kier molecular flexibility index (Phi) is 6.82. The molecule has 0 saturated heterocycles. The van der Waals surface area contributed by atoms with Crippen molar-refractivity contribution in [3.05, 3.63) is 95.9 Å². The summed E-state index contributed by atoms with van der Waals surface area (Å²) in [6.07, 6.45) is 3.91.